The third-order valence-corrected chi connectivity index (χ3v) is 5.38. The van der Waals surface area contributed by atoms with Crippen molar-refractivity contribution in [3.05, 3.63) is 78.1 Å². The molecule has 0 aliphatic heterocycles. The van der Waals surface area contributed by atoms with Crippen LogP contribution in [0.3, 0.4) is 0 Å². The van der Waals surface area contributed by atoms with E-state index < -0.39 is 0 Å². The quantitative estimate of drug-likeness (QED) is 0.497. The number of rotatable bonds is 5. The Morgan fingerprint density at radius 2 is 1.81 bits per heavy atom. The van der Waals surface area contributed by atoms with Gasteiger partial charge in [-0.1, -0.05) is 53.8 Å². The molecule has 0 fully saturated rings. The van der Waals surface area contributed by atoms with Crippen LogP contribution < -0.4 is 4.90 Å². The summed E-state index contributed by atoms with van der Waals surface area (Å²) in [5.41, 5.74) is 2.53. The van der Waals surface area contributed by atoms with Crippen molar-refractivity contribution in [3.8, 4) is 0 Å². The number of thiazole rings is 1. The van der Waals surface area contributed by atoms with Crippen molar-refractivity contribution in [1.29, 1.82) is 0 Å². The average Bonchev–Trinajstić information content (AvgIpc) is 3.33. The molecule has 2 heterocycles. The number of nitrogens with zero attached hydrogens (tertiary/aromatic N) is 4. The Bertz CT molecular complexity index is 1030. The molecule has 0 spiro atoms. The van der Waals surface area contributed by atoms with Gasteiger partial charge in [-0.25, -0.2) is 4.98 Å². The van der Waals surface area contributed by atoms with Crippen LogP contribution in [-0.2, 0) is 6.54 Å². The highest BCUT2D eigenvalue weighted by molar-refractivity contribution is 7.22. The second-order valence-corrected chi connectivity index (χ2v) is 7.60. The first kappa shape index (κ1) is 17.4. The molecule has 2 aromatic heterocycles. The Morgan fingerprint density at radius 3 is 2.56 bits per heavy atom. The summed E-state index contributed by atoms with van der Waals surface area (Å²) in [6, 6.07) is 19.8. The number of hydrogen-bond acceptors (Lipinski definition) is 4. The zero-order chi connectivity index (χ0) is 18.8. The van der Waals surface area contributed by atoms with Crippen molar-refractivity contribution >= 4 is 32.6 Å². The van der Waals surface area contributed by atoms with E-state index in [9.17, 15) is 4.79 Å². The Morgan fingerprint density at radius 1 is 1.07 bits per heavy atom. The Kier molecular flexibility index (Phi) is 4.73. The minimum atomic E-state index is -0.0934. The maximum absolute atomic E-state index is 13.4. The van der Waals surface area contributed by atoms with Gasteiger partial charge in [-0.3, -0.25) is 14.4 Å². The van der Waals surface area contributed by atoms with E-state index in [1.54, 1.807) is 21.8 Å². The topological polar surface area (TPSA) is 51.0 Å². The van der Waals surface area contributed by atoms with E-state index in [2.05, 4.69) is 5.10 Å². The number of aromatic nitrogens is 3. The minimum absolute atomic E-state index is 0.0934. The summed E-state index contributed by atoms with van der Waals surface area (Å²) >= 11 is 1.53. The van der Waals surface area contributed by atoms with Crippen molar-refractivity contribution in [2.75, 3.05) is 4.90 Å². The lowest BCUT2D eigenvalue weighted by Crippen LogP contribution is -2.32. The molecule has 0 atom stereocenters. The normalized spacial score (nSPS) is 11.2. The van der Waals surface area contributed by atoms with E-state index in [0.29, 0.717) is 17.4 Å². The fourth-order valence-corrected chi connectivity index (χ4v) is 3.96. The smallest absolute Gasteiger partial charge is 0.278 e. The summed E-state index contributed by atoms with van der Waals surface area (Å²) < 4.78 is 2.82. The summed E-state index contributed by atoms with van der Waals surface area (Å²) in [5, 5.41) is 5.01. The first-order chi connectivity index (χ1) is 13.1. The van der Waals surface area contributed by atoms with Crippen molar-refractivity contribution in [1.82, 2.24) is 14.8 Å². The van der Waals surface area contributed by atoms with Gasteiger partial charge < -0.3 is 0 Å². The SMILES string of the molecule is CC(C)n1nccc1C(=O)N(Cc1ccccc1)c1nc2ccccc2s1. The van der Waals surface area contributed by atoms with E-state index >= 15 is 0 Å². The zero-order valence-electron chi connectivity index (χ0n) is 15.2. The molecule has 0 aliphatic carbocycles. The summed E-state index contributed by atoms with van der Waals surface area (Å²) in [7, 11) is 0. The number of para-hydroxylation sites is 1. The van der Waals surface area contributed by atoms with Gasteiger partial charge in [0.15, 0.2) is 5.13 Å². The number of benzene rings is 2. The highest BCUT2D eigenvalue weighted by Crippen LogP contribution is 2.31. The fraction of sp³-hybridized carbons (Fsp3) is 0.190. The van der Waals surface area contributed by atoms with Crippen LogP contribution in [0.15, 0.2) is 66.9 Å². The molecule has 0 N–H and O–H groups in total. The predicted molar refractivity (Wildman–Crippen MR) is 109 cm³/mol. The number of anilines is 1. The molecule has 0 saturated carbocycles. The van der Waals surface area contributed by atoms with Crippen molar-refractivity contribution < 1.29 is 4.79 Å². The third-order valence-electron chi connectivity index (χ3n) is 4.32. The van der Waals surface area contributed by atoms with Gasteiger partial charge in [0, 0.05) is 12.2 Å². The lowest BCUT2D eigenvalue weighted by Gasteiger charge is -2.21. The number of carbonyl (C=O) groups is 1. The molecule has 0 bridgehead atoms. The zero-order valence-corrected chi connectivity index (χ0v) is 16.1. The van der Waals surface area contributed by atoms with E-state index in [1.807, 2.05) is 68.4 Å². The number of fused-ring (bicyclic) bond motifs is 1. The molecule has 4 aromatic rings. The fourth-order valence-electron chi connectivity index (χ4n) is 3.00. The monoisotopic (exact) mass is 376 g/mol. The highest BCUT2D eigenvalue weighted by Gasteiger charge is 2.25. The molecule has 136 valence electrons. The molecule has 0 unspecified atom stereocenters. The van der Waals surface area contributed by atoms with Gasteiger partial charge in [0.1, 0.15) is 5.69 Å². The molecule has 4 rings (SSSR count). The summed E-state index contributed by atoms with van der Waals surface area (Å²) in [6.07, 6.45) is 1.67. The molecule has 6 heteroatoms. The number of amides is 1. The molecule has 5 nitrogen and oxygen atoms in total. The molecular formula is C21H20N4OS. The van der Waals surface area contributed by atoms with Gasteiger partial charge in [0.2, 0.25) is 0 Å². The molecule has 1 amide bonds. The van der Waals surface area contributed by atoms with Crippen LogP contribution in [0.1, 0.15) is 35.9 Å². The van der Waals surface area contributed by atoms with Gasteiger partial charge in [0.05, 0.1) is 16.8 Å². The summed E-state index contributed by atoms with van der Waals surface area (Å²) in [4.78, 5) is 19.9. The van der Waals surface area contributed by atoms with Gasteiger partial charge in [-0.15, -0.1) is 0 Å². The van der Waals surface area contributed by atoms with Crippen LogP contribution in [0, 0.1) is 0 Å². The molecule has 2 aromatic carbocycles. The molecule has 0 radical (unpaired) electrons. The van der Waals surface area contributed by atoms with E-state index in [4.69, 9.17) is 4.98 Å². The minimum Gasteiger partial charge on any atom is -0.278 e. The van der Waals surface area contributed by atoms with E-state index in [-0.39, 0.29) is 11.9 Å². The first-order valence-electron chi connectivity index (χ1n) is 8.88. The highest BCUT2D eigenvalue weighted by atomic mass is 32.1. The van der Waals surface area contributed by atoms with Crippen LogP contribution in [0.5, 0.6) is 0 Å². The summed E-state index contributed by atoms with van der Waals surface area (Å²) in [6.45, 7) is 4.49. The van der Waals surface area contributed by atoms with Crippen molar-refractivity contribution in [3.63, 3.8) is 0 Å². The van der Waals surface area contributed by atoms with Crippen LogP contribution in [0.4, 0.5) is 5.13 Å². The molecule has 0 aliphatic rings. The van der Waals surface area contributed by atoms with E-state index in [1.165, 1.54) is 11.3 Å². The van der Waals surface area contributed by atoms with Gasteiger partial charge >= 0.3 is 0 Å². The largest absolute Gasteiger partial charge is 0.278 e. The van der Waals surface area contributed by atoms with Crippen molar-refractivity contribution in [2.45, 2.75) is 26.4 Å². The Hall–Kier alpha value is -2.99. The van der Waals surface area contributed by atoms with Crippen LogP contribution >= 0.6 is 11.3 Å². The van der Waals surface area contributed by atoms with Crippen LogP contribution in [0.2, 0.25) is 0 Å². The lowest BCUT2D eigenvalue weighted by molar-refractivity contribution is 0.0973. The average molecular weight is 376 g/mol. The van der Waals surface area contributed by atoms with Crippen LogP contribution in [-0.4, -0.2) is 20.7 Å². The van der Waals surface area contributed by atoms with Gasteiger partial charge in [0.25, 0.3) is 5.91 Å². The summed E-state index contributed by atoms with van der Waals surface area (Å²) in [5.74, 6) is -0.0934. The van der Waals surface area contributed by atoms with Gasteiger partial charge in [-0.2, -0.15) is 5.10 Å². The molecule has 0 saturated heterocycles. The van der Waals surface area contributed by atoms with Crippen molar-refractivity contribution in [2.24, 2.45) is 0 Å². The Balaban J connectivity index is 1.77. The molecular weight excluding hydrogens is 356 g/mol. The number of hydrogen-bond donors (Lipinski definition) is 0. The predicted octanol–water partition coefficient (Wildman–Crippen LogP) is 4.92. The second-order valence-electron chi connectivity index (χ2n) is 6.60. The number of carbonyl (C=O) groups excluding carboxylic acids is 1. The lowest BCUT2D eigenvalue weighted by atomic mass is 10.2. The molecule has 27 heavy (non-hydrogen) atoms. The second kappa shape index (κ2) is 7.32. The first-order valence-corrected chi connectivity index (χ1v) is 9.70. The third kappa shape index (κ3) is 3.48. The maximum atomic E-state index is 13.4. The van der Waals surface area contributed by atoms with E-state index in [0.717, 1.165) is 15.8 Å². The standard InChI is InChI=1S/C21H20N4OS/c1-15(2)25-18(12-13-22-25)20(26)24(14-16-8-4-3-5-9-16)21-23-17-10-6-7-11-19(17)27-21/h3-13,15H,14H2,1-2H3. The van der Waals surface area contributed by atoms with Crippen LogP contribution in [0.25, 0.3) is 10.2 Å². The maximum Gasteiger partial charge on any atom is 0.278 e. The van der Waals surface area contributed by atoms with Gasteiger partial charge in [-0.05, 0) is 37.6 Å². The Labute approximate surface area is 161 Å².